The summed E-state index contributed by atoms with van der Waals surface area (Å²) in [6, 6.07) is 61.4. The fourth-order valence-corrected chi connectivity index (χ4v) is 11.1. The van der Waals surface area contributed by atoms with Gasteiger partial charge in [0.1, 0.15) is 0 Å². The minimum atomic E-state index is 0.0550. The SMILES string of the molecule is c1ccc(-c2cccc3sc4ccc(N(c5ccc(C6(c7ccccc7)CCCCCC6)cc5)c5ccc6c(c5)sc5ccccc56)cc4c23)cc1. The minimum Gasteiger partial charge on any atom is -0.310 e. The summed E-state index contributed by atoms with van der Waals surface area (Å²) >= 11 is 3.77. The Labute approximate surface area is 313 Å². The predicted molar refractivity (Wildman–Crippen MR) is 227 cm³/mol. The Hall–Kier alpha value is -5.22. The maximum atomic E-state index is 2.48. The molecule has 0 unspecified atom stereocenters. The van der Waals surface area contributed by atoms with Gasteiger partial charge in [-0.3, -0.25) is 0 Å². The number of fused-ring (bicyclic) bond motifs is 6. The van der Waals surface area contributed by atoms with Crippen LogP contribution < -0.4 is 4.90 Å². The third-order valence-electron chi connectivity index (χ3n) is 11.4. The van der Waals surface area contributed by atoms with Crippen molar-refractivity contribution < 1.29 is 0 Å². The van der Waals surface area contributed by atoms with Gasteiger partial charge in [-0.1, -0.05) is 135 Å². The van der Waals surface area contributed by atoms with Crippen LogP contribution in [0.1, 0.15) is 49.7 Å². The van der Waals surface area contributed by atoms with E-state index in [1.54, 1.807) is 0 Å². The van der Waals surface area contributed by atoms with Gasteiger partial charge in [-0.2, -0.15) is 0 Å². The zero-order valence-corrected chi connectivity index (χ0v) is 30.7. The molecule has 1 nitrogen and oxygen atoms in total. The molecule has 1 saturated carbocycles. The lowest BCUT2D eigenvalue weighted by atomic mass is 9.69. The van der Waals surface area contributed by atoms with Crippen molar-refractivity contribution in [1.29, 1.82) is 0 Å². The molecule has 0 radical (unpaired) electrons. The van der Waals surface area contributed by atoms with Crippen LogP contribution in [0.4, 0.5) is 17.1 Å². The smallest absolute Gasteiger partial charge is 0.0476 e. The molecule has 1 aliphatic rings. The number of benzene rings is 7. The summed E-state index contributed by atoms with van der Waals surface area (Å²) in [6.07, 6.45) is 7.61. The molecule has 7 aromatic carbocycles. The van der Waals surface area contributed by atoms with Gasteiger partial charge in [0.05, 0.1) is 0 Å². The van der Waals surface area contributed by atoms with Crippen LogP contribution in [0.5, 0.6) is 0 Å². The fourth-order valence-electron chi connectivity index (χ4n) is 8.88. The molecule has 9 aromatic rings. The second kappa shape index (κ2) is 13.1. The van der Waals surface area contributed by atoms with Gasteiger partial charge in [0, 0.05) is 62.8 Å². The van der Waals surface area contributed by atoms with Crippen LogP contribution in [0.25, 0.3) is 51.5 Å². The summed E-state index contributed by atoms with van der Waals surface area (Å²) in [4.78, 5) is 2.48. The first kappa shape index (κ1) is 31.5. The average Bonchev–Trinajstić information content (AvgIpc) is 3.66. The third-order valence-corrected chi connectivity index (χ3v) is 13.7. The molecule has 10 rings (SSSR count). The molecule has 3 heteroatoms. The van der Waals surface area contributed by atoms with Gasteiger partial charge < -0.3 is 4.90 Å². The Morgan fingerprint density at radius 3 is 1.81 bits per heavy atom. The summed E-state index contributed by atoms with van der Waals surface area (Å²) in [5, 5.41) is 5.30. The van der Waals surface area contributed by atoms with Gasteiger partial charge in [-0.25, -0.2) is 0 Å². The van der Waals surface area contributed by atoms with E-state index in [1.807, 2.05) is 22.7 Å². The van der Waals surface area contributed by atoms with Crippen LogP contribution in [0, 0.1) is 0 Å². The summed E-state index contributed by atoms with van der Waals surface area (Å²) in [6.45, 7) is 0. The molecule has 0 amide bonds. The standard InChI is InChI=1S/C49H39NS2/c1-2-12-31-49(30-11-1,35-16-7-4-8-17-35)36-22-24-37(25-23-36)50(39-26-28-42-41-18-9-10-20-44(41)52-47(42)33-39)38-27-29-45-43(32-38)48-40(19-13-21-46(48)51-45)34-14-5-3-6-15-34/h3-10,13-29,32-33H,1-2,11-12,30-31H2. The van der Waals surface area contributed by atoms with Crippen molar-refractivity contribution in [3.63, 3.8) is 0 Å². The molecule has 0 bridgehead atoms. The summed E-state index contributed by atoms with van der Waals surface area (Å²) in [5.41, 5.74) is 9.04. The molecule has 0 aliphatic heterocycles. The van der Waals surface area contributed by atoms with Crippen molar-refractivity contribution in [2.75, 3.05) is 4.90 Å². The highest BCUT2D eigenvalue weighted by Crippen LogP contribution is 2.47. The lowest BCUT2D eigenvalue weighted by Gasteiger charge is -2.35. The number of hydrogen-bond acceptors (Lipinski definition) is 3. The second-order valence-corrected chi connectivity index (χ2v) is 16.5. The van der Waals surface area contributed by atoms with E-state index in [9.17, 15) is 0 Å². The maximum absolute atomic E-state index is 2.48. The molecule has 0 N–H and O–H groups in total. The van der Waals surface area contributed by atoms with E-state index in [4.69, 9.17) is 0 Å². The monoisotopic (exact) mass is 705 g/mol. The van der Waals surface area contributed by atoms with E-state index in [1.165, 1.54) is 118 Å². The first-order valence-electron chi connectivity index (χ1n) is 18.6. The normalized spacial score (nSPS) is 14.6. The van der Waals surface area contributed by atoms with Crippen LogP contribution in [0.15, 0.2) is 164 Å². The highest BCUT2D eigenvalue weighted by molar-refractivity contribution is 7.26. The highest BCUT2D eigenvalue weighted by Gasteiger charge is 2.34. The molecule has 0 spiro atoms. The lowest BCUT2D eigenvalue weighted by molar-refractivity contribution is 0.446. The third kappa shape index (κ3) is 5.34. The van der Waals surface area contributed by atoms with E-state index in [0.29, 0.717) is 0 Å². The molecule has 252 valence electrons. The number of anilines is 3. The molecule has 2 heterocycles. The van der Waals surface area contributed by atoms with E-state index in [-0.39, 0.29) is 5.41 Å². The van der Waals surface area contributed by atoms with Crippen LogP contribution in [-0.4, -0.2) is 0 Å². The Balaban J connectivity index is 1.15. The number of thiophene rings is 2. The van der Waals surface area contributed by atoms with E-state index in [0.717, 1.165) is 0 Å². The molecule has 1 aliphatic carbocycles. The van der Waals surface area contributed by atoms with Crippen LogP contribution in [0.2, 0.25) is 0 Å². The van der Waals surface area contributed by atoms with Crippen LogP contribution in [-0.2, 0) is 5.41 Å². The van der Waals surface area contributed by atoms with E-state index < -0.39 is 0 Å². The summed E-state index contributed by atoms with van der Waals surface area (Å²) in [7, 11) is 0. The van der Waals surface area contributed by atoms with Gasteiger partial charge in [-0.05, 0) is 89.7 Å². The Morgan fingerprint density at radius 1 is 0.404 bits per heavy atom. The molecule has 2 aromatic heterocycles. The van der Waals surface area contributed by atoms with Gasteiger partial charge in [0.2, 0.25) is 0 Å². The largest absolute Gasteiger partial charge is 0.310 e. The van der Waals surface area contributed by atoms with Gasteiger partial charge >= 0.3 is 0 Å². The number of rotatable bonds is 6. The lowest BCUT2D eigenvalue weighted by Crippen LogP contribution is -2.27. The first-order valence-corrected chi connectivity index (χ1v) is 20.3. The molecule has 52 heavy (non-hydrogen) atoms. The first-order chi connectivity index (χ1) is 25.7. The fraction of sp³-hybridized carbons (Fsp3) is 0.143. The topological polar surface area (TPSA) is 3.24 Å². The Morgan fingerprint density at radius 2 is 1.00 bits per heavy atom. The van der Waals surface area contributed by atoms with Crippen molar-refractivity contribution in [1.82, 2.24) is 0 Å². The van der Waals surface area contributed by atoms with Gasteiger partial charge in [-0.15, -0.1) is 22.7 Å². The number of hydrogen-bond donors (Lipinski definition) is 0. The summed E-state index contributed by atoms with van der Waals surface area (Å²) < 4.78 is 5.29. The maximum Gasteiger partial charge on any atom is 0.0476 e. The van der Waals surface area contributed by atoms with Gasteiger partial charge in [0.15, 0.2) is 0 Å². The van der Waals surface area contributed by atoms with Crippen LogP contribution >= 0.6 is 22.7 Å². The second-order valence-electron chi connectivity index (χ2n) is 14.4. The average molecular weight is 706 g/mol. The Bertz CT molecular complexity index is 2680. The van der Waals surface area contributed by atoms with Crippen molar-refractivity contribution in [2.45, 2.75) is 43.9 Å². The number of nitrogens with zero attached hydrogens (tertiary/aromatic N) is 1. The van der Waals surface area contributed by atoms with E-state index in [2.05, 4.69) is 169 Å². The summed E-state index contributed by atoms with van der Waals surface area (Å²) in [5.74, 6) is 0. The van der Waals surface area contributed by atoms with Crippen LogP contribution in [0.3, 0.4) is 0 Å². The predicted octanol–water partition coefficient (Wildman–Crippen LogP) is 15.2. The van der Waals surface area contributed by atoms with Crippen molar-refractivity contribution >= 4 is 80.1 Å². The molecule has 0 atom stereocenters. The highest BCUT2D eigenvalue weighted by atomic mass is 32.1. The molecular formula is C49H39NS2. The zero-order chi connectivity index (χ0) is 34.5. The van der Waals surface area contributed by atoms with Crippen molar-refractivity contribution in [2.24, 2.45) is 0 Å². The molecule has 1 fully saturated rings. The molecule has 0 saturated heterocycles. The van der Waals surface area contributed by atoms with Gasteiger partial charge in [0.25, 0.3) is 0 Å². The Kier molecular flexibility index (Phi) is 7.93. The molecular weight excluding hydrogens is 667 g/mol. The zero-order valence-electron chi connectivity index (χ0n) is 29.1. The van der Waals surface area contributed by atoms with E-state index >= 15 is 0 Å². The van der Waals surface area contributed by atoms with Crippen molar-refractivity contribution in [3.8, 4) is 11.1 Å². The minimum absolute atomic E-state index is 0.0550. The van der Waals surface area contributed by atoms with Crippen molar-refractivity contribution in [3.05, 3.63) is 175 Å². The quantitative estimate of drug-likeness (QED) is 0.156.